The molecule has 1 aliphatic rings. The molecule has 3 heterocycles. The first-order valence-corrected chi connectivity index (χ1v) is 7.79. The largest absolute Gasteiger partial charge is 0.354 e. The van der Waals surface area contributed by atoms with Crippen LogP contribution in [0.2, 0.25) is 5.15 Å². The third-order valence-corrected chi connectivity index (χ3v) is 4.32. The van der Waals surface area contributed by atoms with Gasteiger partial charge in [0.15, 0.2) is 5.82 Å². The molecule has 0 spiro atoms. The van der Waals surface area contributed by atoms with Gasteiger partial charge in [-0.2, -0.15) is 5.10 Å². The van der Waals surface area contributed by atoms with E-state index in [4.69, 9.17) is 16.7 Å². The molecule has 108 valence electrons. The average Bonchev–Trinajstić information content (AvgIpc) is 2.68. The van der Waals surface area contributed by atoms with Crippen LogP contribution < -0.4 is 14.8 Å². The Labute approximate surface area is 126 Å². The first-order chi connectivity index (χ1) is 9.70. The zero-order valence-electron chi connectivity index (χ0n) is 11.2. The lowest BCUT2D eigenvalue weighted by molar-refractivity contribution is 0.383. The van der Waals surface area contributed by atoms with Gasteiger partial charge in [-0.15, -0.1) is 0 Å². The molecule has 1 aliphatic heterocycles. The van der Waals surface area contributed by atoms with Crippen molar-refractivity contribution in [1.82, 2.24) is 19.3 Å². The molecule has 0 aliphatic carbocycles. The number of nitrogens with one attached hydrogen (secondary N) is 1. The Balaban J connectivity index is 1.73. The van der Waals surface area contributed by atoms with E-state index < -0.39 is 0 Å². The summed E-state index contributed by atoms with van der Waals surface area (Å²) in [7, 11) is 0. The van der Waals surface area contributed by atoms with Gasteiger partial charge >= 0.3 is 0 Å². The number of aryl methyl sites for hydroxylation is 1. The molecule has 6 nitrogen and oxygen atoms in total. The Morgan fingerprint density at radius 2 is 2.35 bits per heavy atom. The quantitative estimate of drug-likeness (QED) is 0.646. The molecule has 3 rings (SSSR count). The molecular formula is C12H17ClN6S. The van der Waals surface area contributed by atoms with Crippen LogP contribution in [0.4, 0.5) is 5.82 Å². The highest BCUT2D eigenvalue weighted by Gasteiger charge is 2.29. The second-order valence-corrected chi connectivity index (χ2v) is 5.98. The van der Waals surface area contributed by atoms with Crippen molar-refractivity contribution in [2.75, 3.05) is 24.5 Å². The molecule has 0 saturated carbocycles. The van der Waals surface area contributed by atoms with Crippen molar-refractivity contribution >= 4 is 35.1 Å². The predicted octanol–water partition coefficient (Wildman–Crippen LogP) is 1.63. The Kier molecular flexibility index (Phi) is 4.02. The maximum Gasteiger partial charge on any atom is 0.156 e. The van der Waals surface area contributed by atoms with E-state index in [-0.39, 0.29) is 0 Å². The summed E-state index contributed by atoms with van der Waals surface area (Å²) in [6.45, 7) is 5.01. The van der Waals surface area contributed by atoms with Crippen molar-refractivity contribution in [3.63, 3.8) is 0 Å². The van der Waals surface area contributed by atoms with Gasteiger partial charge in [-0.3, -0.25) is 9.86 Å². The van der Waals surface area contributed by atoms with Crippen LogP contribution in [-0.2, 0) is 0 Å². The molecule has 2 aromatic heterocycles. The highest BCUT2D eigenvalue weighted by molar-refractivity contribution is 7.95. The number of fused-ring (bicyclic) bond motifs is 1. The van der Waals surface area contributed by atoms with Crippen molar-refractivity contribution in [1.29, 1.82) is 0 Å². The van der Waals surface area contributed by atoms with Crippen molar-refractivity contribution in [3.05, 3.63) is 23.1 Å². The van der Waals surface area contributed by atoms with Crippen LogP contribution in [0.3, 0.4) is 0 Å². The summed E-state index contributed by atoms with van der Waals surface area (Å²) in [6.07, 6.45) is 2.69. The number of anilines is 1. The fourth-order valence-electron chi connectivity index (χ4n) is 2.64. The van der Waals surface area contributed by atoms with Gasteiger partial charge in [0.1, 0.15) is 17.0 Å². The van der Waals surface area contributed by atoms with Crippen LogP contribution in [0.25, 0.3) is 5.52 Å². The Bertz CT molecular complexity index is 609. The number of nitrogens with zero attached hydrogens (tertiary/aromatic N) is 4. The molecule has 0 bridgehead atoms. The lowest BCUT2D eigenvalue weighted by Gasteiger charge is -2.40. The van der Waals surface area contributed by atoms with Gasteiger partial charge in [0.05, 0.1) is 0 Å². The van der Waals surface area contributed by atoms with Gasteiger partial charge in [0.2, 0.25) is 0 Å². The van der Waals surface area contributed by atoms with E-state index in [0.29, 0.717) is 11.1 Å². The van der Waals surface area contributed by atoms with Crippen LogP contribution in [0, 0.1) is 12.8 Å². The minimum Gasteiger partial charge on any atom is -0.354 e. The average molecular weight is 313 g/mol. The molecule has 0 radical (unpaired) electrons. The highest BCUT2D eigenvalue weighted by Crippen LogP contribution is 2.31. The molecule has 2 aromatic rings. The van der Waals surface area contributed by atoms with Gasteiger partial charge < -0.3 is 4.90 Å². The number of rotatable bonds is 5. The van der Waals surface area contributed by atoms with E-state index >= 15 is 0 Å². The zero-order valence-corrected chi connectivity index (χ0v) is 12.8. The molecule has 0 atom stereocenters. The third-order valence-electron chi connectivity index (χ3n) is 3.68. The van der Waals surface area contributed by atoms with E-state index in [1.54, 1.807) is 10.8 Å². The van der Waals surface area contributed by atoms with Crippen LogP contribution in [-0.4, -0.2) is 34.2 Å². The number of aromatic nitrogens is 3. The van der Waals surface area contributed by atoms with Gasteiger partial charge in [0.25, 0.3) is 0 Å². The molecule has 0 amide bonds. The van der Waals surface area contributed by atoms with Crippen molar-refractivity contribution in [3.8, 4) is 0 Å². The molecular weight excluding hydrogens is 296 g/mol. The van der Waals surface area contributed by atoms with Crippen LogP contribution >= 0.6 is 23.7 Å². The zero-order chi connectivity index (χ0) is 14.1. The second-order valence-electron chi connectivity index (χ2n) is 5.07. The van der Waals surface area contributed by atoms with Crippen LogP contribution in [0.1, 0.15) is 12.0 Å². The maximum atomic E-state index is 6.16. The summed E-state index contributed by atoms with van der Waals surface area (Å²) in [5.74, 6) is 1.66. The Morgan fingerprint density at radius 1 is 1.55 bits per heavy atom. The number of nitrogens with two attached hydrogens (primary N) is 1. The van der Waals surface area contributed by atoms with E-state index in [0.717, 1.165) is 43.0 Å². The minimum absolute atomic E-state index is 0.627. The highest BCUT2D eigenvalue weighted by atomic mass is 35.5. The summed E-state index contributed by atoms with van der Waals surface area (Å²) in [6, 6.07) is 1.93. The standard InChI is InChI=1S/C12H17ClN6S/c1-8-4-10(13)19-11(8)12(15-7-16-19)18-5-9(6-18)2-3-17-20-14/h4,7,9,17H,2-3,5-6,14H2,1H3. The summed E-state index contributed by atoms with van der Waals surface area (Å²) >= 11 is 7.34. The number of halogens is 1. The van der Waals surface area contributed by atoms with Crippen LogP contribution in [0.15, 0.2) is 12.4 Å². The number of hydrogen-bond acceptors (Lipinski definition) is 6. The summed E-state index contributed by atoms with van der Waals surface area (Å²) in [5.41, 5.74) is 2.11. The fraction of sp³-hybridized carbons (Fsp3) is 0.500. The summed E-state index contributed by atoms with van der Waals surface area (Å²) in [5, 5.41) is 10.2. The van der Waals surface area contributed by atoms with E-state index in [2.05, 4.69) is 19.7 Å². The Hall–Kier alpha value is -1.02. The third kappa shape index (κ3) is 2.46. The lowest BCUT2D eigenvalue weighted by Crippen LogP contribution is -2.48. The van der Waals surface area contributed by atoms with Crippen molar-refractivity contribution < 1.29 is 0 Å². The summed E-state index contributed by atoms with van der Waals surface area (Å²) in [4.78, 5) is 6.71. The van der Waals surface area contributed by atoms with Gasteiger partial charge in [0, 0.05) is 31.8 Å². The Morgan fingerprint density at radius 3 is 3.10 bits per heavy atom. The fourth-order valence-corrected chi connectivity index (χ4v) is 3.17. The molecule has 3 N–H and O–H groups in total. The normalized spacial score (nSPS) is 15.8. The SMILES string of the molecule is Cc1cc(Cl)n2ncnc(N3CC(CCNSN)C3)c12. The van der Waals surface area contributed by atoms with Gasteiger partial charge in [-0.05, 0) is 30.9 Å². The lowest BCUT2D eigenvalue weighted by atomic mass is 9.96. The predicted molar refractivity (Wildman–Crippen MR) is 82.8 cm³/mol. The minimum atomic E-state index is 0.627. The van der Waals surface area contributed by atoms with Gasteiger partial charge in [-0.25, -0.2) is 9.50 Å². The second kappa shape index (κ2) is 5.77. The maximum absolute atomic E-state index is 6.16. The first-order valence-electron chi connectivity index (χ1n) is 6.53. The van der Waals surface area contributed by atoms with E-state index in [1.165, 1.54) is 12.1 Å². The van der Waals surface area contributed by atoms with Crippen molar-refractivity contribution in [2.45, 2.75) is 13.3 Å². The number of hydrogen-bond donors (Lipinski definition) is 2. The smallest absolute Gasteiger partial charge is 0.156 e. The first kappa shape index (κ1) is 13.9. The van der Waals surface area contributed by atoms with E-state index in [1.807, 2.05) is 13.0 Å². The molecule has 1 fully saturated rings. The molecule has 0 unspecified atom stereocenters. The summed E-state index contributed by atoms with van der Waals surface area (Å²) < 4.78 is 4.82. The monoisotopic (exact) mass is 312 g/mol. The molecule has 8 heteroatoms. The van der Waals surface area contributed by atoms with E-state index in [9.17, 15) is 0 Å². The molecule has 0 aromatic carbocycles. The van der Waals surface area contributed by atoms with Gasteiger partial charge in [-0.1, -0.05) is 11.6 Å². The van der Waals surface area contributed by atoms with Crippen LogP contribution in [0.5, 0.6) is 0 Å². The molecule has 1 saturated heterocycles. The topological polar surface area (TPSA) is 71.5 Å². The molecule has 20 heavy (non-hydrogen) atoms. The van der Waals surface area contributed by atoms with Crippen molar-refractivity contribution in [2.24, 2.45) is 11.1 Å².